The lowest BCUT2D eigenvalue weighted by molar-refractivity contribution is 0.121. The van der Waals surface area contributed by atoms with Gasteiger partial charge in [-0.1, -0.05) is 27.2 Å². The highest BCUT2D eigenvalue weighted by Gasteiger charge is 2.60. The van der Waals surface area contributed by atoms with Crippen molar-refractivity contribution in [3.05, 3.63) is 0 Å². The molecule has 18 heavy (non-hydrogen) atoms. The molecule has 4 atom stereocenters. The van der Waals surface area contributed by atoms with Gasteiger partial charge in [-0.25, -0.2) is 0 Å². The molecule has 1 saturated heterocycles. The van der Waals surface area contributed by atoms with Crippen LogP contribution < -0.4 is 5.32 Å². The molecule has 0 aromatic carbocycles. The van der Waals surface area contributed by atoms with Gasteiger partial charge in [-0.15, -0.1) is 0 Å². The molecule has 0 aromatic heterocycles. The lowest BCUT2D eigenvalue weighted by Crippen LogP contribution is -2.46. The van der Waals surface area contributed by atoms with E-state index in [9.17, 15) is 0 Å². The maximum Gasteiger partial charge on any atom is 0.0172 e. The Hall–Kier alpha value is 0.310. The summed E-state index contributed by atoms with van der Waals surface area (Å²) >= 11 is 2.20. The highest BCUT2D eigenvalue weighted by molar-refractivity contribution is 7.99. The van der Waals surface area contributed by atoms with E-state index < -0.39 is 0 Å². The van der Waals surface area contributed by atoms with Gasteiger partial charge in [0, 0.05) is 17.8 Å². The average molecular weight is 267 g/mol. The van der Waals surface area contributed by atoms with E-state index in [2.05, 4.69) is 37.8 Å². The number of fused-ring (bicyclic) bond motifs is 2. The lowest BCUT2D eigenvalue weighted by Gasteiger charge is -2.40. The average Bonchev–Trinajstić information content (AvgIpc) is 2.70. The van der Waals surface area contributed by atoms with E-state index in [0.717, 1.165) is 17.2 Å². The third kappa shape index (κ3) is 1.95. The van der Waals surface area contributed by atoms with Gasteiger partial charge in [0.05, 0.1) is 0 Å². The Morgan fingerprint density at radius 2 is 2.00 bits per heavy atom. The van der Waals surface area contributed by atoms with Crippen LogP contribution in [-0.2, 0) is 0 Å². The smallest absolute Gasteiger partial charge is 0.0172 e. The molecule has 1 nitrogen and oxygen atoms in total. The predicted octanol–water partition coefficient (Wildman–Crippen LogP) is 4.08. The molecule has 3 fully saturated rings. The summed E-state index contributed by atoms with van der Waals surface area (Å²) in [7, 11) is 0. The molecule has 2 bridgehead atoms. The largest absolute Gasteiger partial charge is 0.312 e. The van der Waals surface area contributed by atoms with E-state index in [0.29, 0.717) is 10.8 Å². The Kier molecular flexibility index (Phi) is 3.47. The quantitative estimate of drug-likeness (QED) is 0.827. The van der Waals surface area contributed by atoms with Crippen LogP contribution >= 0.6 is 11.8 Å². The number of thioether (sulfide) groups is 1. The van der Waals surface area contributed by atoms with Gasteiger partial charge in [0.1, 0.15) is 0 Å². The van der Waals surface area contributed by atoms with Gasteiger partial charge < -0.3 is 5.32 Å². The standard InChI is InChI=1S/C16H29NS/c1-15(2)12-7-8-16(15,3)14(10-12)17-11-13-6-4-5-9-18-13/h12-14,17H,4-11H2,1-3H3. The molecule has 2 saturated carbocycles. The molecule has 1 heterocycles. The summed E-state index contributed by atoms with van der Waals surface area (Å²) < 4.78 is 0. The summed E-state index contributed by atoms with van der Waals surface area (Å²) in [5.74, 6) is 2.36. The monoisotopic (exact) mass is 267 g/mol. The van der Waals surface area contributed by atoms with Crippen molar-refractivity contribution >= 4 is 11.8 Å². The van der Waals surface area contributed by atoms with E-state index >= 15 is 0 Å². The molecule has 3 aliphatic rings. The molecule has 0 aromatic rings. The molecular formula is C16H29NS. The molecule has 4 unspecified atom stereocenters. The third-order valence-corrected chi connectivity index (χ3v) is 8.06. The Labute approximate surface area is 117 Å². The van der Waals surface area contributed by atoms with Crippen molar-refractivity contribution in [2.24, 2.45) is 16.7 Å². The van der Waals surface area contributed by atoms with Gasteiger partial charge in [-0.05, 0) is 54.6 Å². The second kappa shape index (κ2) is 4.70. The highest BCUT2D eigenvalue weighted by Crippen LogP contribution is 2.65. The zero-order valence-electron chi connectivity index (χ0n) is 12.3. The predicted molar refractivity (Wildman–Crippen MR) is 81.1 cm³/mol. The Morgan fingerprint density at radius 1 is 1.17 bits per heavy atom. The first-order valence-electron chi connectivity index (χ1n) is 7.89. The van der Waals surface area contributed by atoms with Crippen molar-refractivity contribution in [2.75, 3.05) is 12.3 Å². The van der Waals surface area contributed by atoms with Crippen molar-refractivity contribution in [1.82, 2.24) is 5.32 Å². The normalized spacial score (nSPS) is 46.5. The molecule has 1 N–H and O–H groups in total. The minimum absolute atomic E-state index is 0.553. The van der Waals surface area contributed by atoms with Crippen molar-refractivity contribution in [3.8, 4) is 0 Å². The fourth-order valence-electron chi connectivity index (χ4n) is 4.75. The summed E-state index contributed by atoms with van der Waals surface area (Å²) in [6.07, 6.45) is 8.68. The van der Waals surface area contributed by atoms with E-state index in [4.69, 9.17) is 0 Å². The molecule has 2 heteroatoms. The Morgan fingerprint density at radius 3 is 2.56 bits per heavy atom. The fourth-order valence-corrected chi connectivity index (χ4v) is 6.01. The minimum Gasteiger partial charge on any atom is -0.312 e. The van der Waals surface area contributed by atoms with Crippen LogP contribution in [-0.4, -0.2) is 23.6 Å². The number of rotatable bonds is 3. The first kappa shape index (κ1) is 13.3. The van der Waals surface area contributed by atoms with Crippen LogP contribution in [0.15, 0.2) is 0 Å². The van der Waals surface area contributed by atoms with Crippen molar-refractivity contribution in [1.29, 1.82) is 0 Å². The first-order valence-corrected chi connectivity index (χ1v) is 8.94. The summed E-state index contributed by atoms with van der Waals surface area (Å²) in [4.78, 5) is 0. The number of hydrogen-bond donors (Lipinski definition) is 1. The van der Waals surface area contributed by atoms with Crippen LogP contribution in [0.5, 0.6) is 0 Å². The summed E-state index contributed by atoms with van der Waals surface area (Å²) in [6, 6.07) is 0.786. The second-order valence-corrected chi connectivity index (χ2v) is 8.97. The molecule has 0 amide bonds. The molecule has 1 aliphatic heterocycles. The summed E-state index contributed by atoms with van der Waals surface area (Å²) in [5.41, 5.74) is 1.11. The molecule has 3 rings (SSSR count). The van der Waals surface area contributed by atoms with E-state index in [1.165, 1.54) is 50.8 Å². The maximum absolute atomic E-state index is 3.96. The topological polar surface area (TPSA) is 12.0 Å². The van der Waals surface area contributed by atoms with Crippen LogP contribution in [0.4, 0.5) is 0 Å². The molecule has 0 radical (unpaired) electrons. The minimum atomic E-state index is 0.553. The van der Waals surface area contributed by atoms with Crippen molar-refractivity contribution in [2.45, 2.75) is 70.6 Å². The van der Waals surface area contributed by atoms with Gasteiger partial charge in [0.25, 0.3) is 0 Å². The van der Waals surface area contributed by atoms with Gasteiger partial charge in [0.2, 0.25) is 0 Å². The molecule has 104 valence electrons. The summed E-state index contributed by atoms with van der Waals surface area (Å²) in [6.45, 7) is 8.84. The van der Waals surface area contributed by atoms with Crippen molar-refractivity contribution in [3.63, 3.8) is 0 Å². The van der Waals surface area contributed by atoms with E-state index in [1.807, 2.05) is 0 Å². The zero-order valence-corrected chi connectivity index (χ0v) is 13.1. The van der Waals surface area contributed by atoms with E-state index in [1.54, 1.807) is 0 Å². The Bertz CT molecular complexity index is 308. The summed E-state index contributed by atoms with van der Waals surface area (Å²) in [5, 5.41) is 4.85. The van der Waals surface area contributed by atoms with Crippen LogP contribution in [0.2, 0.25) is 0 Å². The third-order valence-electron chi connectivity index (χ3n) is 6.66. The lowest BCUT2D eigenvalue weighted by atomic mass is 9.69. The molecule has 2 aliphatic carbocycles. The first-order chi connectivity index (χ1) is 8.54. The van der Waals surface area contributed by atoms with Crippen molar-refractivity contribution < 1.29 is 0 Å². The van der Waals surface area contributed by atoms with Crippen LogP contribution in [0.25, 0.3) is 0 Å². The zero-order chi connectivity index (χ0) is 12.8. The van der Waals surface area contributed by atoms with E-state index in [-0.39, 0.29) is 0 Å². The van der Waals surface area contributed by atoms with Crippen LogP contribution in [0.3, 0.4) is 0 Å². The number of hydrogen-bond acceptors (Lipinski definition) is 2. The fraction of sp³-hybridized carbons (Fsp3) is 1.00. The van der Waals surface area contributed by atoms with Crippen LogP contribution in [0, 0.1) is 16.7 Å². The molecular weight excluding hydrogens is 238 g/mol. The second-order valence-electron chi connectivity index (χ2n) is 7.56. The van der Waals surface area contributed by atoms with Gasteiger partial charge in [-0.2, -0.15) is 11.8 Å². The SMILES string of the molecule is CC1(C)C2CCC1(C)C(NCC1CCCCS1)C2. The highest BCUT2D eigenvalue weighted by atomic mass is 32.2. The van der Waals surface area contributed by atoms with Gasteiger partial charge in [-0.3, -0.25) is 0 Å². The number of nitrogens with one attached hydrogen (secondary N) is 1. The molecule has 0 spiro atoms. The Balaban J connectivity index is 1.58. The van der Waals surface area contributed by atoms with Gasteiger partial charge in [0.15, 0.2) is 0 Å². The maximum atomic E-state index is 3.96. The van der Waals surface area contributed by atoms with Crippen LogP contribution in [0.1, 0.15) is 59.3 Å². The van der Waals surface area contributed by atoms with Gasteiger partial charge >= 0.3 is 0 Å².